The largest absolute Gasteiger partial charge is 0.394 e. The zero-order valence-corrected chi connectivity index (χ0v) is 17.8. The maximum Gasteiger partial charge on any atom is 0.118 e. The molecule has 0 rings (SSSR count). The third-order valence-corrected chi connectivity index (χ3v) is 3.30. The van der Waals surface area contributed by atoms with E-state index >= 15 is 0 Å². The van der Waals surface area contributed by atoms with E-state index < -0.39 is 63.3 Å². The van der Waals surface area contributed by atoms with E-state index in [-0.39, 0.29) is 52.9 Å². The van der Waals surface area contributed by atoms with Gasteiger partial charge in [-0.3, -0.25) is 0 Å². The van der Waals surface area contributed by atoms with Crippen molar-refractivity contribution >= 4 is 0 Å². The van der Waals surface area contributed by atoms with Crippen LogP contribution in [0.3, 0.4) is 0 Å². The normalized spacial score (nSPS) is 17.1. The predicted octanol–water partition coefficient (Wildman–Crippen LogP) is -1.92. The van der Waals surface area contributed by atoms with Gasteiger partial charge >= 0.3 is 0 Å². The van der Waals surface area contributed by atoms with Crippen LogP contribution >= 0.6 is 0 Å². The maximum atomic E-state index is 11.8. The SMILES string of the molecule is OC(CF)COCC(O)COCC(O)CF.OCC(COCC(O)CF)OCC(O)CF. The van der Waals surface area contributed by atoms with Crippen molar-refractivity contribution in [3.05, 3.63) is 0 Å². The molecule has 0 aromatic carbocycles. The van der Waals surface area contributed by atoms with E-state index in [9.17, 15) is 22.7 Å². The third-order valence-electron chi connectivity index (χ3n) is 3.30. The molecule has 0 aliphatic carbocycles. The monoisotopic (exact) mass is 488 g/mol. The van der Waals surface area contributed by atoms with Gasteiger partial charge in [0.25, 0.3) is 0 Å². The highest BCUT2D eigenvalue weighted by Crippen LogP contribution is 1.97. The first-order chi connectivity index (χ1) is 15.2. The number of aliphatic hydroxyl groups is 6. The highest BCUT2D eigenvalue weighted by molar-refractivity contribution is 4.59. The Morgan fingerprint density at radius 3 is 1.12 bits per heavy atom. The molecule has 196 valence electrons. The van der Waals surface area contributed by atoms with E-state index in [0.29, 0.717) is 0 Å². The van der Waals surface area contributed by atoms with Crippen molar-refractivity contribution in [2.75, 3.05) is 79.6 Å². The van der Waals surface area contributed by atoms with E-state index in [4.69, 9.17) is 44.5 Å². The summed E-state index contributed by atoms with van der Waals surface area (Å²) in [7, 11) is 0. The summed E-state index contributed by atoms with van der Waals surface area (Å²) >= 11 is 0. The summed E-state index contributed by atoms with van der Waals surface area (Å²) < 4.78 is 66.5. The van der Waals surface area contributed by atoms with Gasteiger partial charge in [-0.1, -0.05) is 0 Å². The van der Waals surface area contributed by atoms with Gasteiger partial charge in [-0.15, -0.1) is 0 Å². The molecule has 0 aromatic heterocycles. The topological polar surface area (TPSA) is 158 Å². The molecule has 0 saturated heterocycles. The van der Waals surface area contributed by atoms with Gasteiger partial charge in [0.05, 0.1) is 52.9 Å². The molecule has 0 radical (unpaired) electrons. The fourth-order valence-electron chi connectivity index (χ4n) is 1.64. The van der Waals surface area contributed by atoms with Crippen molar-refractivity contribution in [1.82, 2.24) is 0 Å². The first kappa shape index (κ1) is 33.5. The Morgan fingerprint density at radius 1 is 0.469 bits per heavy atom. The number of halogens is 4. The lowest BCUT2D eigenvalue weighted by Gasteiger charge is -2.17. The summed E-state index contributed by atoms with van der Waals surface area (Å²) in [5.74, 6) is 0. The van der Waals surface area contributed by atoms with Gasteiger partial charge in [0.1, 0.15) is 63.3 Å². The smallest absolute Gasteiger partial charge is 0.118 e. The summed E-state index contributed by atoms with van der Waals surface area (Å²) in [5, 5.41) is 53.2. The first-order valence-electron chi connectivity index (χ1n) is 9.83. The number of aliphatic hydroxyl groups excluding tert-OH is 6. The number of alkyl halides is 4. The molecule has 0 amide bonds. The van der Waals surface area contributed by atoms with E-state index in [0.717, 1.165) is 0 Å². The third kappa shape index (κ3) is 22.5. The minimum atomic E-state index is -1.23. The van der Waals surface area contributed by atoms with Gasteiger partial charge in [-0.05, 0) is 0 Å². The zero-order chi connectivity index (χ0) is 24.8. The Hall–Kier alpha value is -0.680. The Balaban J connectivity index is 0. The van der Waals surface area contributed by atoms with Gasteiger partial charge in [-0.2, -0.15) is 0 Å². The molecule has 0 fully saturated rings. The average molecular weight is 488 g/mol. The van der Waals surface area contributed by atoms with Crippen LogP contribution in [-0.4, -0.2) is 147 Å². The van der Waals surface area contributed by atoms with Crippen LogP contribution in [0.1, 0.15) is 0 Å². The van der Waals surface area contributed by atoms with Gasteiger partial charge in [-0.25, -0.2) is 17.6 Å². The van der Waals surface area contributed by atoms with Crippen LogP contribution in [0.15, 0.2) is 0 Å². The molecule has 0 aromatic rings. The summed E-state index contributed by atoms with van der Waals surface area (Å²) in [5.41, 5.74) is 0. The van der Waals surface area contributed by atoms with E-state index in [1.807, 2.05) is 0 Å². The zero-order valence-electron chi connectivity index (χ0n) is 17.8. The van der Waals surface area contributed by atoms with Crippen molar-refractivity contribution in [3.8, 4) is 0 Å². The number of rotatable bonds is 20. The summed E-state index contributed by atoms with van der Waals surface area (Å²) in [6, 6.07) is 0. The number of hydrogen-bond acceptors (Lipinski definition) is 10. The van der Waals surface area contributed by atoms with Crippen molar-refractivity contribution in [2.45, 2.75) is 36.6 Å². The molecule has 5 atom stereocenters. The maximum absolute atomic E-state index is 11.8. The Labute approximate surface area is 184 Å². The van der Waals surface area contributed by atoms with Crippen molar-refractivity contribution < 1.29 is 67.1 Å². The summed E-state index contributed by atoms with van der Waals surface area (Å²) in [6.07, 6.45) is -6.50. The minimum Gasteiger partial charge on any atom is -0.394 e. The van der Waals surface area contributed by atoms with Crippen molar-refractivity contribution in [1.29, 1.82) is 0 Å². The van der Waals surface area contributed by atoms with Gasteiger partial charge in [0, 0.05) is 0 Å². The van der Waals surface area contributed by atoms with Crippen molar-refractivity contribution in [3.63, 3.8) is 0 Å². The molecule has 32 heavy (non-hydrogen) atoms. The molecule has 0 bridgehead atoms. The Bertz CT molecular complexity index is 374. The Kier molecular flexibility index (Phi) is 24.6. The highest BCUT2D eigenvalue weighted by Gasteiger charge is 2.13. The van der Waals surface area contributed by atoms with Crippen molar-refractivity contribution in [2.24, 2.45) is 0 Å². The lowest BCUT2D eigenvalue weighted by atomic mass is 10.3. The molecule has 0 saturated carbocycles. The van der Waals surface area contributed by atoms with Crippen LogP contribution in [0.4, 0.5) is 17.6 Å². The second-order valence-electron chi connectivity index (χ2n) is 6.64. The summed E-state index contributed by atoms with van der Waals surface area (Å²) in [6.45, 7) is -5.21. The van der Waals surface area contributed by atoms with Crippen LogP contribution < -0.4 is 0 Å². The number of hydrogen-bond donors (Lipinski definition) is 6. The van der Waals surface area contributed by atoms with Gasteiger partial charge in [0.2, 0.25) is 0 Å². The van der Waals surface area contributed by atoms with Gasteiger partial charge in [0.15, 0.2) is 0 Å². The fourth-order valence-corrected chi connectivity index (χ4v) is 1.64. The summed E-state index contributed by atoms with van der Waals surface area (Å²) in [4.78, 5) is 0. The molecule has 0 heterocycles. The predicted molar refractivity (Wildman–Crippen MR) is 103 cm³/mol. The second-order valence-corrected chi connectivity index (χ2v) is 6.64. The van der Waals surface area contributed by atoms with Crippen LogP contribution in [0.5, 0.6) is 0 Å². The van der Waals surface area contributed by atoms with Crippen LogP contribution in [-0.2, 0) is 18.9 Å². The van der Waals surface area contributed by atoms with Crippen LogP contribution in [0.2, 0.25) is 0 Å². The molecule has 5 unspecified atom stereocenters. The lowest BCUT2D eigenvalue weighted by Crippen LogP contribution is -2.30. The molecule has 0 spiro atoms. The average Bonchev–Trinajstić information content (AvgIpc) is 2.80. The second kappa shape index (κ2) is 23.5. The molecule has 0 aliphatic heterocycles. The molecular weight excluding hydrogens is 452 g/mol. The van der Waals surface area contributed by atoms with E-state index in [1.165, 1.54) is 0 Å². The Morgan fingerprint density at radius 2 is 0.781 bits per heavy atom. The fraction of sp³-hybridized carbons (Fsp3) is 1.00. The minimum absolute atomic E-state index is 0.0629. The molecule has 6 N–H and O–H groups in total. The highest BCUT2D eigenvalue weighted by atomic mass is 19.1. The van der Waals surface area contributed by atoms with Gasteiger partial charge < -0.3 is 49.6 Å². The molecule has 10 nitrogen and oxygen atoms in total. The quantitative estimate of drug-likeness (QED) is 0.107. The van der Waals surface area contributed by atoms with Crippen LogP contribution in [0.25, 0.3) is 0 Å². The molecule has 14 heteroatoms. The first-order valence-corrected chi connectivity index (χ1v) is 9.83. The standard InChI is InChI=1S/2C9H18F2O5/c10-1-7(13)4-15-6-9(3-12)16-5-8(14)2-11;10-1-7(12)3-15-5-9(14)6-16-4-8(13)2-11/h2*7-9,12-14H,1-6H2. The van der Waals surface area contributed by atoms with E-state index in [1.54, 1.807) is 0 Å². The van der Waals surface area contributed by atoms with E-state index in [2.05, 4.69) is 0 Å². The lowest BCUT2D eigenvalue weighted by molar-refractivity contribution is -0.0820. The molecule has 0 aliphatic rings. The molecular formula is C18H36F4O10. The van der Waals surface area contributed by atoms with Crippen LogP contribution in [0, 0.1) is 0 Å². The number of ether oxygens (including phenoxy) is 4.